The summed E-state index contributed by atoms with van der Waals surface area (Å²) in [7, 11) is 0. The minimum absolute atomic E-state index is 0.0217. The van der Waals surface area contributed by atoms with E-state index in [2.05, 4.69) is 0 Å². The number of rotatable bonds is 0. The van der Waals surface area contributed by atoms with Crippen molar-refractivity contribution in [3.8, 4) is 0 Å². The third-order valence-electron chi connectivity index (χ3n) is 3.69. The number of halogens is 1. The molecule has 2 aromatic carbocycles. The standard InChI is InChI=1S/C14H8ClNO2/c15-10-6-9-11(17)4-5-16-13(9)12-7(10)2-1-3-8(12)14(16)18/h1-3,6H,4-5H2. The topological polar surface area (TPSA) is 37.4 Å². The van der Waals surface area contributed by atoms with Crippen LogP contribution >= 0.6 is 11.6 Å². The molecule has 0 N–H and O–H groups in total. The van der Waals surface area contributed by atoms with Gasteiger partial charge in [-0.25, -0.2) is 0 Å². The SMILES string of the molecule is O=C1CCN2C(=O)c3cccc4c(Cl)cc1c2c34. The summed E-state index contributed by atoms with van der Waals surface area (Å²) in [4.78, 5) is 25.9. The molecule has 3 nitrogen and oxygen atoms in total. The third kappa shape index (κ3) is 1.01. The summed E-state index contributed by atoms with van der Waals surface area (Å²) in [6.07, 6.45) is 0.370. The van der Waals surface area contributed by atoms with Gasteiger partial charge in [0.15, 0.2) is 5.78 Å². The molecule has 4 rings (SSSR count). The van der Waals surface area contributed by atoms with Gasteiger partial charge in [-0.15, -0.1) is 0 Å². The summed E-state index contributed by atoms with van der Waals surface area (Å²) in [5, 5.41) is 2.21. The van der Waals surface area contributed by atoms with Crippen molar-refractivity contribution < 1.29 is 9.59 Å². The maximum atomic E-state index is 12.3. The quantitative estimate of drug-likeness (QED) is 0.727. The van der Waals surface area contributed by atoms with Gasteiger partial charge in [0.05, 0.1) is 5.69 Å². The lowest BCUT2D eigenvalue weighted by Crippen LogP contribution is -2.33. The number of nitrogens with zero attached hydrogens (tertiary/aromatic N) is 1. The number of hydrogen-bond donors (Lipinski definition) is 0. The fourth-order valence-corrected chi connectivity index (χ4v) is 3.16. The second-order valence-corrected chi connectivity index (χ2v) is 5.02. The Labute approximate surface area is 108 Å². The van der Waals surface area contributed by atoms with Crippen molar-refractivity contribution in [1.29, 1.82) is 0 Å². The minimum atomic E-state index is -0.0217. The first-order chi connectivity index (χ1) is 8.68. The predicted octanol–water partition coefficient (Wildman–Crippen LogP) is 3.04. The van der Waals surface area contributed by atoms with E-state index in [0.717, 1.165) is 16.5 Å². The first-order valence-corrected chi connectivity index (χ1v) is 6.16. The van der Waals surface area contributed by atoms with Crippen molar-refractivity contribution in [3.63, 3.8) is 0 Å². The van der Waals surface area contributed by atoms with E-state index in [0.29, 0.717) is 29.1 Å². The highest BCUT2D eigenvalue weighted by Crippen LogP contribution is 2.45. The largest absolute Gasteiger partial charge is 0.306 e. The number of anilines is 1. The Bertz CT molecular complexity index is 751. The number of amides is 1. The summed E-state index contributed by atoms with van der Waals surface area (Å²) in [6.45, 7) is 0.468. The molecule has 0 spiro atoms. The maximum Gasteiger partial charge on any atom is 0.259 e. The van der Waals surface area contributed by atoms with Gasteiger partial charge in [0.25, 0.3) is 5.91 Å². The van der Waals surface area contributed by atoms with Crippen molar-refractivity contribution >= 4 is 39.8 Å². The van der Waals surface area contributed by atoms with E-state index >= 15 is 0 Å². The Morgan fingerprint density at radius 3 is 2.83 bits per heavy atom. The molecule has 1 amide bonds. The number of carbonyl (C=O) groups excluding carboxylic acids is 2. The molecule has 0 aliphatic carbocycles. The van der Waals surface area contributed by atoms with E-state index in [1.54, 1.807) is 17.0 Å². The number of ketones is 1. The van der Waals surface area contributed by atoms with E-state index in [4.69, 9.17) is 11.6 Å². The van der Waals surface area contributed by atoms with Crippen LogP contribution in [-0.2, 0) is 0 Å². The van der Waals surface area contributed by atoms with Crippen molar-refractivity contribution in [1.82, 2.24) is 0 Å². The molecule has 0 atom stereocenters. The first-order valence-electron chi connectivity index (χ1n) is 5.79. The molecule has 0 saturated carbocycles. The Hall–Kier alpha value is -1.87. The molecule has 0 aromatic heterocycles. The number of benzene rings is 2. The predicted molar refractivity (Wildman–Crippen MR) is 69.6 cm³/mol. The van der Waals surface area contributed by atoms with E-state index < -0.39 is 0 Å². The second kappa shape index (κ2) is 3.12. The van der Waals surface area contributed by atoms with Crippen LogP contribution in [-0.4, -0.2) is 18.2 Å². The molecule has 2 aromatic rings. The average Bonchev–Trinajstić information content (AvgIpc) is 2.66. The minimum Gasteiger partial charge on any atom is -0.306 e. The smallest absolute Gasteiger partial charge is 0.259 e. The van der Waals surface area contributed by atoms with Crippen LogP contribution in [0, 0.1) is 0 Å². The summed E-state index contributed by atoms with van der Waals surface area (Å²) in [5.41, 5.74) is 1.99. The van der Waals surface area contributed by atoms with Gasteiger partial charge in [-0.2, -0.15) is 0 Å². The molecule has 0 unspecified atom stereocenters. The Kier molecular flexibility index (Phi) is 1.75. The Balaban J connectivity index is 2.27. The summed E-state index contributed by atoms with van der Waals surface area (Å²) in [5.74, 6) is 0.0427. The molecule has 0 saturated heterocycles. The molecule has 2 heterocycles. The van der Waals surface area contributed by atoms with Crippen LogP contribution in [0.5, 0.6) is 0 Å². The van der Waals surface area contributed by atoms with E-state index in [1.165, 1.54) is 0 Å². The van der Waals surface area contributed by atoms with Crippen molar-refractivity contribution in [2.75, 3.05) is 11.4 Å². The lowest BCUT2D eigenvalue weighted by Gasteiger charge is -2.24. The van der Waals surface area contributed by atoms with E-state index in [-0.39, 0.29) is 11.7 Å². The van der Waals surface area contributed by atoms with Crippen LogP contribution in [0.15, 0.2) is 24.3 Å². The Morgan fingerprint density at radius 2 is 2.00 bits per heavy atom. The number of Topliss-reactive ketones (excluding diaryl/α,β-unsaturated/α-hetero) is 1. The zero-order chi connectivity index (χ0) is 12.4. The van der Waals surface area contributed by atoms with Gasteiger partial charge < -0.3 is 4.90 Å². The summed E-state index contributed by atoms with van der Waals surface area (Å²) in [6, 6.07) is 7.20. The molecule has 88 valence electrons. The van der Waals surface area contributed by atoms with Gasteiger partial charge in [-0.1, -0.05) is 23.7 Å². The van der Waals surface area contributed by atoms with Crippen LogP contribution in [0.2, 0.25) is 5.02 Å². The van der Waals surface area contributed by atoms with Crippen molar-refractivity contribution in [3.05, 3.63) is 40.4 Å². The van der Waals surface area contributed by atoms with Crippen LogP contribution in [0.3, 0.4) is 0 Å². The second-order valence-electron chi connectivity index (χ2n) is 4.61. The van der Waals surface area contributed by atoms with Crippen LogP contribution in [0.4, 0.5) is 5.69 Å². The molecule has 4 heteroatoms. The zero-order valence-corrected chi connectivity index (χ0v) is 10.1. The highest BCUT2D eigenvalue weighted by Gasteiger charge is 2.37. The highest BCUT2D eigenvalue weighted by atomic mass is 35.5. The van der Waals surface area contributed by atoms with Crippen molar-refractivity contribution in [2.45, 2.75) is 6.42 Å². The van der Waals surface area contributed by atoms with Crippen LogP contribution < -0.4 is 4.90 Å². The van der Waals surface area contributed by atoms with E-state index in [1.807, 2.05) is 12.1 Å². The molecule has 18 heavy (non-hydrogen) atoms. The number of hydrogen-bond acceptors (Lipinski definition) is 2. The highest BCUT2D eigenvalue weighted by molar-refractivity contribution is 6.40. The lowest BCUT2D eigenvalue weighted by atomic mass is 9.97. The summed E-state index contributed by atoms with van der Waals surface area (Å²) < 4.78 is 0. The van der Waals surface area contributed by atoms with Gasteiger partial charge in [0.2, 0.25) is 0 Å². The lowest BCUT2D eigenvalue weighted by molar-refractivity contribution is 0.0960. The first kappa shape index (κ1) is 10.1. The van der Waals surface area contributed by atoms with Gasteiger partial charge >= 0.3 is 0 Å². The third-order valence-corrected chi connectivity index (χ3v) is 4.01. The number of carbonyl (C=O) groups is 2. The fraction of sp³-hybridized carbons (Fsp3) is 0.143. The molecule has 0 radical (unpaired) electrons. The van der Waals surface area contributed by atoms with Gasteiger partial charge in [0, 0.05) is 39.9 Å². The molecule has 2 aliphatic rings. The van der Waals surface area contributed by atoms with Crippen LogP contribution in [0.25, 0.3) is 10.8 Å². The average molecular weight is 258 g/mol. The van der Waals surface area contributed by atoms with Gasteiger partial charge in [-0.3, -0.25) is 9.59 Å². The Morgan fingerprint density at radius 1 is 1.17 bits per heavy atom. The monoisotopic (exact) mass is 257 g/mol. The zero-order valence-electron chi connectivity index (χ0n) is 9.37. The molecular weight excluding hydrogens is 250 g/mol. The normalized spacial score (nSPS) is 16.8. The molecule has 0 fully saturated rings. The molecular formula is C14H8ClNO2. The maximum absolute atomic E-state index is 12.3. The molecule has 0 bridgehead atoms. The molecule has 2 aliphatic heterocycles. The summed E-state index contributed by atoms with van der Waals surface area (Å²) >= 11 is 6.22. The van der Waals surface area contributed by atoms with Crippen molar-refractivity contribution in [2.24, 2.45) is 0 Å². The van der Waals surface area contributed by atoms with Gasteiger partial charge in [-0.05, 0) is 12.1 Å². The van der Waals surface area contributed by atoms with E-state index in [9.17, 15) is 9.59 Å². The van der Waals surface area contributed by atoms with Gasteiger partial charge in [0.1, 0.15) is 0 Å². The van der Waals surface area contributed by atoms with Crippen LogP contribution in [0.1, 0.15) is 27.1 Å². The fourth-order valence-electron chi connectivity index (χ4n) is 2.89.